The maximum Gasteiger partial charge on any atom is 0.332 e. The molecule has 0 aliphatic carbocycles. The van der Waals surface area contributed by atoms with E-state index in [9.17, 15) is 14.4 Å². The standard InChI is InChI=1S/C25H24N6O3S/c1-15-10-11-18-20(16(15)2)27-24(35-18)31(12-17-8-6-5-7-9-17)19(32)13-30-14-26-22-21(30)23(33)29(4)25(34)28(22)3/h5-11,14H,12-13H2,1-4H3. The van der Waals surface area contributed by atoms with E-state index in [1.807, 2.05) is 50.2 Å². The Hall–Kier alpha value is -4.05. The predicted octanol–water partition coefficient (Wildman–Crippen LogP) is 2.89. The summed E-state index contributed by atoms with van der Waals surface area (Å²) in [5.74, 6) is -0.238. The molecule has 178 valence electrons. The van der Waals surface area contributed by atoms with E-state index in [-0.39, 0.29) is 23.6 Å². The molecule has 0 spiro atoms. The molecule has 35 heavy (non-hydrogen) atoms. The van der Waals surface area contributed by atoms with Crippen LogP contribution in [-0.4, -0.2) is 29.6 Å². The number of hydrogen-bond donors (Lipinski definition) is 0. The fourth-order valence-electron chi connectivity index (χ4n) is 4.11. The van der Waals surface area contributed by atoms with Crippen molar-refractivity contribution in [3.63, 3.8) is 0 Å². The van der Waals surface area contributed by atoms with Crippen LogP contribution in [0.25, 0.3) is 21.4 Å². The number of imidazole rings is 1. The van der Waals surface area contributed by atoms with Gasteiger partial charge in [-0.15, -0.1) is 0 Å². The molecule has 3 heterocycles. The third kappa shape index (κ3) is 3.85. The number of amides is 1. The number of fused-ring (bicyclic) bond motifs is 2. The summed E-state index contributed by atoms with van der Waals surface area (Å²) in [4.78, 5) is 49.5. The molecule has 9 nitrogen and oxygen atoms in total. The highest BCUT2D eigenvalue weighted by atomic mass is 32.1. The lowest BCUT2D eigenvalue weighted by Crippen LogP contribution is -2.38. The molecular weight excluding hydrogens is 464 g/mol. The van der Waals surface area contributed by atoms with Crippen LogP contribution in [-0.2, 0) is 32.0 Å². The number of nitrogens with zero attached hydrogens (tertiary/aromatic N) is 6. The second kappa shape index (κ2) is 8.62. The summed E-state index contributed by atoms with van der Waals surface area (Å²) in [6.07, 6.45) is 1.43. The van der Waals surface area contributed by atoms with Gasteiger partial charge in [0.25, 0.3) is 5.56 Å². The highest BCUT2D eigenvalue weighted by Gasteiger charge is 2.23. The lowest BCUT2D eigenvalue weighted by atomic mass is 10.1. The highest BCUT2D eigenvalue weighted by Crippen LogP contribution is 2.33. The number of aryl methyl sites for hydroxylation is 3. The number of benzene rings is 2. The molecule has 0 fully saturated rings. The Kier molecular flexibility index (Phi) is 5.60. The Balaban J connectivity index is 1.59. The first-order valence-electron chi connectivity index (χ1n) is 11.1. The van der Waals surface area contributed by atoms with Gasteiger partial charge in [-0.3, -0.25) is 23.6 Å². The van der Waals surface area contributed by atoms with Crippen molar-refractivity contribution in [3.05, 3.63) is 86.3 Å². The number of aromatic nitrogens is 5. The van der Waals surface area contributed by atoms with Gasteiger partial charge in [0.05, 0.1) is 23.1 Å². The molecule has 3 aromatic heterocycles. The highest BCUT2D eigenvalue weighted by molar-refractivity contribution is 7.22. The molecule has 0 unspecified atom stereocenters. The molecular formula is C25H24N6O3S. The average molecular weight is 489 g/mol. The van der Waals surface area contributed by atoms with Crippen LogP contribution >= 0.6 is 11.3 Å². The van der Waals surface area contributed by atoms with Gasteiger partial charge in [0.1, 0.15) is 6.54 Å². The van der Waals surface area contributed by atoms with Gasteiger partial charge in [-0.1, -0.05) is 47.7 Å². The van der Waals surface area contributed by atoms with E-state index < -0.39 is 11.2 Å². The van der Waals surface area contributed by atoms with E-state index >= 15 is 0 Å². The summed E-state index contributed by atoms with van der Waals surface area (Å²) in [7, 11) is 2.97. The van der Waals surface area contributed by atoms with Crippen LogP contribution < -0.4 is 16.1 Å². The van der Waals surface area contributed by atoms with Gasteiger partial charge in [-0.05, 0) is 36.6 Å². The minimum Gasteiger partial charge on any atom is -0.315 e. The maximum atomic E-state index is 13.7. The van der Waals surface area contributed by atoms with Gasteiger partial charge < -0.3 is 4.57 Å². The number of carbonyl (C=O) groups is 1. The molecule has 0 saturated carbocycles. The van der Waals surface area contributed by atoms with Crippen LogP contribution in [0, 0.1) is 13.8 Å². The zero-order chi connectivity index (χ0) is 24.9. The zero-order valence-corrected chi connectivity index (χ0v) is 20.7. The minimum absolute atomic E-state index is 0.120. The van der Waals surface area contributed by atoms with Crippen molar-refractivity contribution < 1.29 is 4.79 Å². The molecule has 0 N–H and O–H groups in total. The summed E-state index contributed by atoms with van der Waals surface area (Å²) in [5, 5.41) is 0.590. The molecule has 0 aliphatic rings. The molecule has 0 saturated heterocycles. The Morgan fingerprint density at radius 1 is 1.03 bits per heavy atom. The maximum absolute atomic E-state index is 13.7. The van der Waals surface area contributed by atoms with Gasteiger partial charge in [-0.25, -0.2) is 14.8 Å². The molecule has 2 aromatic carbocycles. The fourth-order valence-corrected chi connectivity index (χ4v) is 5.15. The molecule has 0 bridgehead atoms. The first-order valence-corrected chi connectivity index (χ1v) is 11.9. The van der Waals surface area contributed by atoms with Crippen molar-refractivity contribution in [2.45, 2.75) is 26.9 Å². The third-order valence-electron chi connectivity index (χ3n) is 6.31. The number of rotatable bonds is 5. The van der Waals surface area contributed by atoms with E-state index in [0.29, 0.717) is 11.7 Å². The van der Waals surface area contributed by atoms with Crippen LogP contribution in [0.2, 0.25) is 0 Å². The van der Waals surface area contributed by atoms with Crippen molar-refractivity contribution in [1.82, 2.24) is 23.7 Å². The third-order valence-corrected chi connectivity index (χ3v) is 7.36. The van der Waals surface area contributed by atoms with Crippen molar-refractivity contribution in [2.75, 3.05) is 4.90 Å². The van der Waals surface area contributed by atoms with Crippen LogP contribution in [0.4, 0.5) is 5.13 Å². The smallest absolute Gasteiger partial charge is 0.315 e. The van der Waals surface area contributed by atoms with Crippen molar-refractivity contribution >= 4 is 43.8 Å². The summed E-state index contributed by atoms with van der Waals surface area (Å²) in [6, 6.07) is 13.8. The SMILES string of the molecule is Cc1ccc2sc(N(Cc3ccccc3)C(=O)Cn3cnc4c3c(=O)n(C)c(=O)n4C)nc2c1C. The van der Waals surface area contributed by atoms with E-state index in [1.165, 1.54) is 33.8 Å². The van der Waals surface area contributed by atoms with E-state index in [1.54, 1.807) is 11.9 Å². The van der Waals surface area contributed by atoms with Gasteiger partial charge in [0.15, 0.2) is 16.3 Å². The number of hydrogen-bond acceptors (Lipinski definition) is 6. The topological polar surface area (TPSA) is 95.0 Å². The van der Waals surface area contributed by atoms with Crippen LogP contribution in [0.5, 0.6) is 0 Å². The second-order valence-electron chi connectivity index (χ2n) is 8.57. The van der Waals surface area contributed by atoms with Crippen molar-refractivity contribution in [3.8, 4) is 0 Å². The zero-order valence-electron chi connectivity index (χ0n) is 19.8. The van der Waals surface area contributed by atoms with E-state index in [2.05, 4.69) is 11.1 Å². The van der Waals surface area contributed by atoms with Gasteiger partial charge in [-0.2, -0.15) is 0 Å². The Morgan fingerprint density at radius 3 is 2.51 bits per heavy atom. The first-order chi connectivity index (χ1) is 16.8. The lowest BCUT2D eigenvalue weighted by molar-refractivity contribution is -0.119. The Morgan fingerprint density at radius 2 is 1.77 bits per heavy atom. The molecule has 0 aliphatic heterocycles. The summed E-state index contributed by atoms with van der Waals surface area (Å²) >= 11 is 1.46. The van der Waals surface area contributed by atoms with Crippen molar-refractivity contribution in [1.29, 1.82) is 0 Å². The summed E-state index contributed by atoms with van der Waals surface area (Å²) < 4.78 is 4.83. The van der Waals surface area contributed by atoms with Crippen LogP contribution in [0.1, 0.15) is 16.7 Å². The first kappa shape index (κ1) is 22.7. The minimum atomic E-state index is -0.492. The van der Waals surface area contributed by atoms with Gasteiger partial charge in [0.2, 0.25) is 5.91 Å². The molecule has 0 atom stereocenters. The van der Waals surface area contributed by atoms with Crippen molar-refractivity contribution in [2.24, 2.45) is 14.1 Å². The largest absolute Gasteiger partial charge is 0.332 e. The number of thiazole rings is 1. The summed E-state index contributed by atoms with van der Waals surface area (Å²) in [6.45, 7) is 4.28. The second-order valence-corrected chi connectivity index (χ2v) is 9.58. The number of anilines is 1. The average Bonchev–Trinajstić information content (AvgIpc) is 3.48. The monoisotopic (exact) mass is 488 g/mol. The molecule has 10 heteroatoms. The quantitative estimate of drug-likeness (QED) is 0.379. The van der Waals surface area contributed by atoms with Gasteiger partial charge >= 0.3 is 5.69 Å². The fraction of sp³-hybridized carbons (Fsp3) is 0.240. The number of carbonyl (C=O) groups excluding carboxylic acids is 1. The van der Waals surface area contributed by atoms with E-state index in [4.69, 9.17) is 4.98 Å². The Labute approximate surface area is 204 Å². The molecule has 0 radical (unpaired) electrons. The van der Waals surface area contributed by atoms with E-state index in [0.717, 1.165) is 31.5 Å². The molecule has 5 aromatic rings. The van der Waals surface area contributed by atoms with Crippen LogP contribution in [0.3, 0.4) is 0 Å². The Bertz CT molecular complexity index is 1710. The summed E-state index contributed by atoms with van der Waals surface area (Å²) in [5.41, 5.74) is 3.56. The lowest BCUT2D eigenvalue weighted by Gasteiger charge is -2.20. The normalized spacial score (nSPS) is 11.4. The van der Waals surface area contributed by atoms with Gasteiger partial charge in [0, 0.05) is 14.1 Å². The molecule has 5 rings (SSSR count). The predicted molar refractivity (Wildman–Crippen MR) is 137 cm³/mol. The molecule has 1 amide bonds. The van der Waals surface area contributed by atoms with Crippen LogP contribution in [0.15, 0.2) is 58.4 Å².